The van der Waals surface area contributed by atoms with Gasteiger partial charge in [-0.05, 0) is 17.7 Å². The number of hydrogen-bond donors (Lipinski definition) is 2. The number of nitrogen functional groups attached to an aromatic ring is 1. The maximum absolute atomic E-state index is 9.40. The van der Waals surface area contributed by atoms with Gasteiger partial charge in [-0.1, -0.05) is 6.07 Å². The van der Waals surface area contributed by atoms with E-state index in [1.807, 2.05) is 24.5 Å². The first-order valence-electron chi connectivity index (χ1n) is 6.02. The Bertz CT molecular complexity index is 564. The van der Waals surface area contributed by atoms with Gasteiger partial charge in [0.25, 0.3) is 0 Å². The van der Waals surface area contributed by atoms with Crippen molar-refractivity contribution >= 4 is 5.69 Å². The van der Waals surface area contributed by atoms with Crippen LogP contribution < -0.4 is 5.73 Å². The number of aromatic hydroxyl groups is 1. The summed E-state index contributed by atoms with van der Waals surface area (Å²) in [4.78, 5) is 6.66. The Labute approximate surface area is 105 Å². The van der Waals surface area contributed by atoms with E-state index in [0.29, 0.717) is 5.69 Å². The Hall–Kier alpha value is -2.01. The van der Waals surface area contributed by atoms with Crippen LogP contribution in [-0.4, -0.2) is 26.1 Å². The van der Waals surface area contributed by atoms with Crippen molar-refractivity contribution in [2.75, 3.05) is 12.3 Å². The Kier molecular flexibility index (Phi) is 2.68. The van der Waals surface area contributed by atoms with Crippen molar-refractivity contribution in [3.05, 3.63) is 42.0 Å². The smallest absolute Gasteiger partial charge is 0.138 e. The maximum atomic E-state index is 9.40. The lowest BCUT2D eigenvalue weighted by molar-refractivity contribution is 0.209. The van der Waals surface area contributed by atoms with E-state index >= 15 is 0 Å². The van der Waals surface area contributed by atoms with Crippen molar-refractivity contribution in [1.29, 1.82) is 0 Å². The van der Waals surface area contributed by atoms with Crippen LogP contribution in [-0.2, 0) is 19.6 Å². The molecule has 3 rings (SSSR count). The summed E-state index contributed by atoms with van der Waals surface area (Å²) in [5.41, 5.74) is 7.25. The van der Waals surface area contributed by atoms with E-state index in [4.69, 9.17) is 5.73 Å². The number of aromatic nitrogens is 2. The van der Waals surface area contributed by atoms with E-state index in [2.05, 4.69) is 14.5 Å². The van der Waals surface area contributed by atoms with Gasteiger partial charge in [0, 0.05) is 32.0 Å². The monoisotopic (exact) mass is 244 g/mol. The molecule has 0 saturated heterocycles. The van der Waals surface area contributed by atoms with Gasteiger partial charge in [0.2, 0.25) is 0 Å². The highest BCUT2D eigenvalue weighted by atomic mass is 16.3. The molecule has 0 unspecified atom stereocenters. The van der Waals surface area contributed by atoms with Crippen LogP contribution in [0.2, 0.25) is 0 Å². The molecule has 1 aliphatic heterocycles. The summed E-state index contributed by atoms with van der Waals surface area (Å²) < 4.78 is 2.18. The Morgan fingerprint density at radius 2 is 2.22 bits per heavy atom. The first-order chi connectivity index (χ1) is 8.72. The fourth-order valence-corrected chi connectivity index (χ4v) is 2.32. The predicted molar refractivity (Wildman–Crippen MR) is 68.9 cm³/mol. The minimum absolute atomic E-state index is 0.146. The lowest BCUT2D eigenvalue weighted by Crippen LogP contribution is -2.33. The van der Waals surface area contributed by atoms with E-state index in [1.165, 1.54) is 0 Å². The summed E-state index contributed by atoms with van der Waals surface area (Å²) in [5, 5.41) is 9.40. The van der Waals surface area contributed by atoms with Crippen LogP contribution in [0, 0.1) is 0 Å². The molecule has 1 aromatic heterocycles. The predicted octanol–water partition coefficient (Wildman–Crippen LogP) is 1.19. The van der Waals surface area contributed by atoms with E-state index in [1.54, 1.807) is 6.07 Å². The first kappa shape index (κ1) is 11.1. The number of rotatable bonds is 2. The van der Waals surface area contributed by atoms with Gasteiger partial charge in [-0.25, -0.2) is 4.98 Å². The highest BCUT2D eigenvalue weighted by Crippen LogP contribution is 2.22. The van der Waals surface area contributed by atoms with Gasteiger partial charge in [0.15, 0.2) is 0 Å². The van der Waals surface area contributed by atoms with Gasteiger partial charge in [-0.3, -0.25) is 4.90 Å². The molecule has 0 amide bonds. The largest absolute Gasteiger partial charge is 0.506 e. The molecule has 5 nitrogen and oxygen atoms in total. The molecule has 5 heteroatoms. The summed E-state index contributed by atoms with van der Waals surface area (Å²) in [5.74, 6) is 1.25. The summed E-state index contributed by atoms with van der Waals surface area (Å²) in [6.07, 6.45) is 3.86. The molecule has 2 aromatic rings. The lowest BCUT2D eigenvalue weighted by Gasteiger charge is -2.27. The van der Waals surface area contributed by atoms with Crippen molar-refractivity contribution in [2.45, 2.75) is 19.6 Å². The summed E-state index contributed by atoms with van der Waals surface area (Å²) in [6.45, 7) is 3.66. The van der Waals surface area contributed by atoms with Gasteiger partial charge in [0.05, 0.1) is 12.2 Å². The fraction of sp³-hybridized carbons (Fsp3) is 0.308. The summed E-state index contributed by atoms with van der Waals surface area (Å²) >= 11 is 0. The molecular weight excluding hydrogens is 228 g/mol. The molecule has 1 aromatic carbocycles. The maximum Gasteiger partial charge on any atom is 0.138 e. The third kappa shape index (κ3) is 2.04. The lowest BCUT2D eigenvalue weighted by atomic mass is 10.1. The molecule has 94 valence electrons. The topological polar surface area (TPSA) is 67.3 Å². The van der Waals surface area contributed by atoms with Gasteiger partial charge in [0.1, 0.15) is 11.6 Å². The number of anilines is 1. The molecule has 0 atom stereocenters. The van der Waals surface area contributed by atoms with Gasteiger partial charge < -0.3 is 15.4 Å². The van der Waals surface area contributed by atoms with Crippen molar-refractivity contribution in [1.82, 2.24) is 14.5 Å². The van der Waals surface area contributed by atoms with Crippen LogP contribution in [0.5, 0.6) is 5.75 Å². The first-order valence-corrected chi connectivity index (χ1v) is 6.02. The zero-order chi connectivity index (χ0) is 12.5. The molecule has 1 aliphatic rings. The zero-order valence-electron chi connectivity index (χ0n) is 10.1. The van der Waals surface area contributed by atoms with E-state index in [-0.39, 0.29) is 5.75 Å². The number of imidazole rings is 1. The average Bonchev–Trinajstić information content (AvgIpc) is 2.81. The molecule has 0 aliphatic carbocycles. The van der Waals surface area contributed by atoms with Crippen LogP contribution in [0.1, 0.15) is 11.4 Å². The van der Waals surface area contributed by atoms with Gasteiger partial charge >= 0.3 is 0 Å². The normalized spacial score (nSPS) is 15.6. The second kappa shape index (κ2) is 4.34. The fourth-order valence-electron chi connectivity index (χ4n) is 2.32. The Morgan fingerprint density at radius 1 is 1.33 bits per heavy atom. The standard InChI is InChI=1S/C13H16N4O/c14-11-7-10(1-2-12(11)18)8-16-5-6-17-4-3-15-13(17)9-16/h1-4,7,18H,5-6,8-9,14H2. The second-order valence-electron chi connectivity index (χ2n) is 4.64. The quantitative estimate of drug-likeness (QED) is 0.615. The number of benzene rings is 1. The van der Waals surface area contributed by atoms with Crippen LogP contribution in [0.15, 0.2) is 30.6 Å². The van der Waals surface area contributed by atoms with Crippen molar-refractivity contribution in [3.8, 4) is 5.75 Å². The number of nitrogens with two attached hydrogens (primary N) is 1. The SMILES string of the molecule is Nc1cc(CN2CCn3ccnc3C2)ccc1O. The Balaban J connectivity index is 1.72. The minimum atomic E-state index is 0.146. The minimum Gasteiger partial charge on any atom is -0.506 e. The second-order valence-corrected chi connectivity index (χ2v) is 4.64. The average molecular weight is 244 g/mol. The number of fused-ring (bicyclic) bond motifs is 1. The van der Waals surface area contributed by atoms with Gasteiger partial charge in [-0.2, -0.15) is 0 Å². The number of hydrogen-bond acceptors (Lipinski definition) is 4. The van der Waals surface area contributed by atoms with E-state index in [0.717, 1.165) is 37.6 Å². The van der Waals surface area contributed by atoms with Crippen LogP contribution in [0.3, 0.4) is 0 Å². The molecule has 3 N–H and O–H groups in total. The van der Waals surface area contributed by atoms with E-state index < -0.39 is 0 Å². The van der Waals surface area contributed by atoms with Gasteiger partial charge in [-0.15, -0.1) is 0 Å². The molecule has 0 saturated carbocycles. The summed E-state index contributed by atoms with van der Waals surface area (Å²) in [6, 6.07) is 5.39. The summed E-state index contributed by atoms with van der Waals surface area (Å²) in [7, 11) is 0. The van der Waals surface area contributed by atoms with Crippen LogP contribution >= 0.6 is 0 Å². The zero-order valence-corrected chi connectivity index (χ0v) is 10.1. The molecule has 18 heavy (non-hydrogen) atoms. The van der Waals surface area contributed by atoms with E-state index in [9.17, 15) is 5.11 Å². The number of nitrogens with zero attached hydrogens (tertiary/aromatic N) is 3. The third-order valence-electron chi connectivity index (χ3n) is 3.32. The number of phenols is 1. The third-order valence-corrected chi connectivity index (χ3v) is 3.32. The molecule has 2 heterocycles. The van der Waals surface area contributed by atoms with Crippen LogP contribution in [0.25, 0.3) is 0 Å². The highest BCUT2D eigenvalue weighted by Gasteiger charge is 2.16. The number of phenolic OH excluding ortho intramolecular Hbond substituents is 1. The van der Waals surface area contributed by atoms with Crippen molar-refractivity contribution in [2.24, 2.45) is 0 Å². The molecule has 0 fully saturated rings. The molecule has 0 radical (unpaired) electrons. The Morgan fingerprint density at radius 3 is 3.06 bits per heavy atom. The van der Waals surface area contributed by atoms with Crippen LogP contribution in [0.4, 0.5) is 5.69 Å². The van der Waals surface area contributed by atoms with Crippen molar-refractivity contribution in [3.63, 3.8) is 0 Å². The highest BCUT2D eigenvalue weighted by molar-refractivity contribution is 5.53. The molecule has 0 spiro atoms. The molecular formula is C13H16N4O. The molecule has 0 bridgehead atoms. The van der Waals surface area contributed by atoms with Crippen molar-refractivity contribution < 1.29 is 5.11 Å².